The minimum absolute atomic E-state index is 0.0709. The number of nitrogens with two attached hydrogens (primary N) is 1. The van der Waals surface area contributed by atoms with Gasteiger partial charge in [0.15, 0.2) is 0 Å². The first kappa shape index (κ1) is 28.2. The summed E-state index contributed by atoms with van der Waals surface area (Å²) in [6, 6.07) is 20.3. The molecule has 6 rings (SSSR count). The summed E-state index contributed by atoms with van der Waals surface area (Å²) in [5.74, 6) is -0.618. The number of H-pyrrole nitrogens is 1. The number of nitrogens with one attached hydrogen (secondary N) is 1. The molecule has 0 aliphatic rings. The van der Waals surface area contributed by atoms with Crippen LogP contribution in [0, 0.1) is 12.7 Å². The number of para-hydroxylation sites is 1. The average molecular weight is 566 g/mol. The van der Waals surface area contributed by atoms with Gasteiger partial charge in [-0.05, 0) is 72.5 Å². The van der Waals surface area contributed by atoms with E-state index in [0.717, 1.165) is 44.4 Å². The Kier molecular flexibility index (Phi) is 8.35. The van der Waals surface area contributed by atoms with Crippen LogP contribution in [0.15, 0.2) is 91.5 Å². The van der Waals surface area contributed by atoms with Crippen LogP contribution in [0.1, 0.15) is 21.7 Å². The van der Waals surface area contributed by atoms with E-state index in [9.17, 15) is 9.18 Å². The minimum Gasteiger partial charge on any atom is -0.483 e. The number of pyridine rings is 2. The monoisotopic (exact) mass is 565 g/mol. The van der Waals surface area contributed by atoms with Crippen LogP contribution in [0.3, 0.4) is 0 Å². The smallest absolute Gasteiger partial charge is 0.374 e. The number of carboxylic acid groups (broad SMARTS) is 1. The maximum atomic E-state index is 13.8. The van der Waals surface area contributed by atoms with Gasteiger partial charge in [0.25, 0.3) is 6.47 Å². The number of carbonyl (C=O) groups excluding carboxylic acids is 1. The van der Waals surface area contributed by atoms with E-state index >= 15 is 0 Å². The summed E-state index contributed by atoms with van der Waals surface area (Å²) in [5, 5.41) is 8.00. The van der Waals surface area contributed by atoms with Crippen LogP contribution in [-0.4, -0.2) is 49.5 Å². The van der Waals surface area contributed by atoms with Gasteiger partial charge in [-0.1, -0.05) is 24.3 Å². The Morgan fingerprint density at radius 2 is 1.93 bits per heavy atom. The predicted molar refractivity (Wildman–Crippen MR) is 158 cm³/mol. The van der Waals surface area contributed by atoms with E-state index in [4.69, 9.17) is 20.4 Å². The van der Waals surface area contributed by atoms with Crippen molar-refractivity contribution in [2.24, 2.45) is 5.73 Å². The quantitative estimate of drug-likeness (QED) is 0.174. The standard InChI is InChI=1S/C31H26FN5O2.CH2O2/c1-19-13-21(8-9-27(19)32)29-26(6-4-11-34-29)20-10-12-37-24(15-20)17-36-30(37)31(38)39-18-23(33)14-22-16-35-28-7-3-2-5-25(22)28;2-1-3/h2-13,15-17,23,35H,14,18,33H2,1H3;1H,(H,2,3)/t23-;/m1./s1. The fourth-order valence-electron chi connectivity index (χ4n) is 4.87. The second-order valence-electron chi connectivity index (χ2n) is 9.68. The fourth-order valence-corrected chi connectivity index (χ4v) is 4.87. The van der Waals surface area contributed by atoms with Gasteiger partial charge in [-0.3, -0.25) is 14.2 Å². The zero-order valence-electron chi connectivity index (χ0n) is 22.7. The van der Waals surface area contributed by atoms with Gasteiger partial charge in [0.05, 0.1) is 17.4 Å². The van der Waals surface area contributed by atoms with Crippen molar-refractivity contribution in [1.82, 2.24) is 19.4 Å². The second kappa shape index (κ2) is 12.4. The van der Waals surface area contributed by atoms with Crippen LogP contribution in [-0.2, 0) is 16.0 Å². The topological polar surface area (TPSA) is 136 Å². The summed E-state index contributed by atoms with van der Waals surface area (Å²) in [6.45, 7) is 1.55. The molecule has 10 heteroatoms. The van der Waals surface area contributed by atoms with Gasteiger partial charge in [-0.2, -0.15) is 0 Å². The predicted octanol–water partition coefficient (Wildman–Crippen LogP) is 5.42. The van der Waals surface area contributed by atoms with Crippen molar-refractivity contribution in [2.75, 3.05) is 6.61 Å². The molecule has 212 valence electrons. The first-order valence-electron chi connectivity index (χ1n) is 13.1. The third kappa shape index (κ3) is 5.89. The number of nitrogens with zero attached hydrogens (tertiary/aromatic N) is 3. The maximum Gasteiger partial charge on any atom is 0.374 e. The fraction of sp³-hybridized carbons (Fsp3) is 0.125. The summed E-state index contributed by atoms with van der Waals surface area (Å²) in [6.07, 6.45) is 7.64. The zero-order chi connectivity index (χ0) is 29.6. The molecule has 6 aromatic rings. The lowest BCUT2D eigenvalue weighted by Gasteiger charge is -2.12. The molecule has 4 heterocycles. The van der Waals surface area contributed by atoms with Crippen LogP contribution in [0.4, 0.5) is 4.39 Å². The number of esters is 1. The van der Waals surface area contributed by atoms with Gasteiger partial charge in [-0.15, -0.1) is 0 Å². The summed E-state index contributed by atoms with van der Waals surface area (Å²) in [4.78, 5) is 33.4. The molecule has 0 bridgehead atoms. The first-order chi connectivity index (χ1) is 20.4. The molecule has 0 fully saturated rings. The highest BCUT2D eigenvalue weighted by atomic mass is 19.1. The van der Waals surface area contributed by atoms with Gasteiger partial charge in [-0.25, -0.2) is 14.2 Å². The Balaban J connectivity index is 0.00000113. The van der Waals surface area contributed by atoms with E-state index in [0.29, 0.717) is 12.0 Å². The Morgan fingerprint density at radius 3 is 2.74 bits per heavy atom. The molecular formula is C32H28FN5O4. The SMILES string of the molecule is Cc1cc(-c2ncccc2-c2ccn3c(C(=O)OC[C@H](N)Cc4c[nH]c5ccccc45)ncc3c2)ccc1F.O=CO. The van der Waals surface area contributed by atoms with Crippen molar-refractivity contribution in [3.63, 3.8) is 0 Å². The first-order valence-corrected chi connectivity index (χ1v) is 13.1. The molecule has 2 aromatic carbocycles. The lowest BCUT2D eigenvalue weighted by atomic mass is 9.99. The number of hydrogen-bond donors (Lipinski definition) is 3. The minimum atomic E-state index is -0.541. The third-order valence-electron chi connectivity index (χ3n) is 6.85. The van der Waals surface area contributed by atoms with Crippen LogP contribution >= 0.6 is 0 Å². The van der Waals surface area contributed by atoms with Crippen molar-refractivity contribution < 1.29 is 23.8 Å². The number of rotatable bonds is 7. The summed E-state index contributed by atoms with van der Waals surface area (Å²) >= 11 is 0. The van der Waals surface area contributed by atoms with E-state index in [2.05, 4.69) is 15.0 Å². The molecule has 0 aliphatic heterocycles. The van der Waals surface area contributed by atoms with E-state index in [1.165, 1.54) is 6.07 Å². The highest BCUT2D eigenvalue weighted by Crippen LogP contribution is 2.32. The van der Waals surface area contributed by atoms with E-state index < -0.39 is 5.97 Å². The van der Waals surface area contributed by atoms with Crippen molar-refractivity contribution >= 4 is 28.9 Å². The summed E-state index contributed by atoms with van der Waals surface area (Å²) in [5.41, 5.74) is 13.1. The zero-order valence-corrected chi connectivity index (χ0v) is 22.7. The molecule has 0 spiro atoms. The number of aromatic nitrogens is 4. The highest BCUT2D eigenvalue weighted by molar-refractivity contribution is 5.88. The second-order valence-corrected chi connectivity index (χ2v) is 9.68. The van der Waals surface area contributed by atoms with Crippen LogP contribution in [0.2, 0.25) is 0 Å². The Hall–Kier alpha value is -5.35. The van der Waals surface area contributed by atoms with Crippen molar-refractivity contribution in [3.8, 4) is 22.4 Å². The van der Waals surface area contributed by atoms with Crippen LogP contribution in [0.5, 0.6) is 0 Å². The van der Waals surface area contributed by atoms with Gasteiger partial charge in [0, 0.05) is 46.7 Å². The van der Waals surface area contributed by atoms with E-state index in [1.54, 1.807) is 42.0 Å². The van der Waals surface area contributed by atoms with Gasteiger partial charge < -0.3 is 20.6 Å². The van der Waals surface area contributed by atoms with Gasteiger partial charge in [0.1, 0.15) is 12.4 Å². The average Bonchev–Trinajstić information content (AvgIpc) is 3.62. The Morgan fingerprint density at radius 1 is 1.12 bits per heavy atom. The lowest BCUT2D eigenvalue weighted by Crippen LogP contribution is -2.30. The number of halogens is 1. The normalized spacial score (nSPS) is 11.6. The molecule has 0 unspecified atom stereocenters. The molecule has 0 amide bonds. The molecule has 4 aromatic heterocycles. The molecule has 0 saturated heterocycles. The molecule has 9 nitrogen and oxygen atoms in total. The summed E-state index contributed by atoms with van der Waals surface area (Å²) < 4.78 is 21.1. The van der Waals surface area contributed by atoms with E-state index in [-0.39, 0.29) is 30.8 Å². The molecule has 1 atom stereocenters. The molecule has 0 aliphatic carbocycles. The number of aromatic amines is 1. The number of ether oxygens (including phenoxy) is 1. The molecule has 42 heavy (non-hydrogen) atoms. The van der Waals surface area contributed by atoms with Crippen molar-refractivity contribution in [3.05, 3.63) is 114 Å². The lowest BCUT2D eigenvalue weighted by molar-refractivity contribution is -0.122. The highest BCUT2D eigenvalue weighted by Gasteiger charge is 2.18. The molecule has 0 saturated carbocycles. The van der Waals surface area contributed by atoms with E-state index in [1.807, 2.05) is 54.7 Å². The maximum absolute atomic E-state index is 13.8. The van der Waals surface area contributed by atoms with Crippen molar-refractivity contribution in [1.29, 1.82) is 0 Å². The Bertz CT molecular complexity index is 1880. The van der Waals surface area contributed by atoms with Crippen molar-refractivity contribution in [2.45, 2.75) is 19.4 Å². The molecule has 4 N–H and O–H groups in total. The number of carbonyl (C=O) groups is 2. The Labute approximate surface area is 240 Å². The summed E-state index contributed by atoms with van der Waals surface area (Å²) in [7, 11) is 0. The number of hydrogen-bond acceptors (Lipinski definition) is 6. The largest absolute Gasteiger partial charge is 0.483 e. The van der Waals surface area contributed by atoms with Gasteiger partial charge in [0.2, 0.25) is 5.82 Å². The van der Waals surface area contributed by atoms with Crippen LogP contribution < -0.4 is 5.73 Å². The number of aryl methyl sites for hydroxylation is 1. The number of fused-ring (bicyclic) bond motifs is 2. The van der Waals surface area contributed by atoms with Crippen LogP contribution in [0.25, 0.3) is 38.8 Å². The molecular weight excluding hydrogens is 537 g/mol. The van der Waals surface area contributed by atoms with Gasteiger partial charge >= 0.3 is 5.97 Å². The third-order valence-corrected chi connectivity index (χ3v) is 6.85. The molecule has 0 radical (unpaired) electrons. The number of imidazole rings is 1. The number of benzene rings is 2.